The molecule has 158 valence electrons. The number of hydrogen-bond donors (Lipinski definition) is 2. The van der Waals surface area contributed by atoms with Crippen molar-refractivity contribution in [2.24, 2.45) is 5.92 Å². The first kappa shape index (κ1) is 20.7. The van der Waals surface area contributed by atoms with Gasteiger partial charge in [-0.05, 0) is 30.5 Å². The molecule has 0 saturated carbocycles. The van der Waals surface area contributed by atoms with Gasteiger partial charge in [0, 0.05) is 31.3 Å². The first-order chi connectivity index (χ1) is 14.3. The number of hydrogen-bond acceptors (Lipinski definition) is 5. The van der Waals surface area contributed by atoms with E-state index in [0.717, 1.165) is 6.20 Å². The normalized spacial score (nSPS) is 20.4. The van der Waals surface area contributed by atoms with E-state index in [9.17, 15) is 17.6 Å². The highest BCUT2D eigenvalue weighted by atomic mass is 35.5. The van der Waals surface area contributed by atoms with E-state index in [1.165, 1.54) is 34.8 Å². The van der Waals surface area contributed by atoms with Crippen LogP contribution in [0.25, 0.3) is 11.5 Å². The van der Waals surface area contributed by atoms with Gasteiger partial charge in [-0.3, -0.25) is 4.79 Å². The summed E-state index contributed by atoms with van der Waals surface area (Å²) in [6.45, 7) is 2.55. The first-order valence-corrected chi connectivity index (χ1v) is 11.1. The summed E-state index contributed by atoms with van der Waals surface area (Å²) in [6, 6.07) is 5.30. The Labute approximate surface area is 177 Å². The van der Waals surface area contributed by atoms with Crippen LogP contribution in [-0.2, 0) is 10.0 Å². The molecule has 0 aliphatic carbocycles. The van der Waals surface area contributed by atoms with Gasteiger partial charge < -0.3 is 9.97 Å². The van der Waals surface area contributed by atoms with Crippen LogP contribution in [0.15, 0.2) is 46.3 Å². The van der Waals surface area contributed by atoms with Crippen LogP contribution in [0.3, 0.4) is 0 Å². The van der Waals surface area contributed by atoms with Crippen molar-refractivity contribution in [3.63, 3.8) is 0 Å². The van der Waals surface area contributed by atoms with E-state index in [4.69, 9.17) is 11.6 Å². The third kappa shape index (κ3) is 3.90. The number of nitrogens with one attached hydrogen (secondary N) is 2. The minimum Gasteiger partial charge on any atom is -0.339 e. The highest BCUT2D eigenvalue weighted by molar-refractivity contribution is 7.89. The van der Waals surface area contributed by atoms with Crippen molar-refractivity contribution >= 4 is 21.6 Å². The lowest BCUT2D eigenvalue weighted by Gasteiger charge is -2.35. The van der Waals surface area contributed by atoms with Crippen molar-refractivity contribution in [3.05, 3.63) is 63.7 Å². The summed E-state index contributed by atoms with van der Waals surface area (Å²) in [5, 5.41) is 0.296. The Hall–Kier alpha value is -2.56. The van der Waals surface area contributed by atoms with Crippen LogP contribution >= 0.6 is 11.6 Å². The van der Waals surface area contributed by atoms with Gasteiger partial charge in [-0.2, -0.15) is 4.31 Å². The van der Waals surface area contributed by atoms with Crippen LogP contribution in [0.1, 0.15) is 25.0 Å². The molecule has 3 aromatic rings. The Kier molecular flexibility index (Phi) is 5.48. The fraction of sp³-hybridized carbons (Fsp3) is 0.316. The molecule has 11 heteroatoms. The van der Waals surface area contributed by atoms with Crippen LogP contribution in [-0.4, -0.2) is 45.7 Å². The molecule has 1 aliphatic heterocycles. The van der Waals surface area contributed by atoms with Crippen LogP contribution in [0.2, 0.25) is 5.15 Å². The van der Waals surface area contributed by atoms with E-state index < -0.39 is 15.8 Å². The van der Waals surface area contributed by atoms with Crippen LogP contribution in [0.4, 0.5) is 4.39 Å². The van der Waals surface area contributed by atoms with Crippen molar-refractivity contribution in [1.29, 1.82) is 0 Å². The molecule has 4 rings (SSSR count). The van der Waals surface area contributed by atoms with Crippen LogP contribution < -0.4 is 5.56 Å². The van der Waals surface area contributed by atoms with Gasteiger partial charge >= 0.3 is 0 Å². The number of piperidine rings is 1. The zero-order valence-corrected chi connectivity index (χ0v) is 17.5. The number of aromatic amines is 2. The van der Waals surface area contributed by atoms with Gasteiger partial charge in [0.25, 0.3) is 0 Å². The summed E-state index contributed by atoms with van der Waals surface area (Å²) in [6.07, 6.45) is 2.86. The summed E-state index contributed by atoms with van der Waals surface area (Å²) in [5.41, 5.74) is 0.822. The maximum Gasteiger partial charge on any atom is 0.247 e. The standard InChI is InChI=1S/C19H19ClFN5O3S/c1-11-10-26(30(28,29)13-3-5-16(27)23-9-13)7-6-14(11)17-18(20)25-19(24-17)15-4-2-12(21)8-22-15/h2-5,8-9,11,14H,6-7,10H2,1H3,(H,23,27)(H,24,25)/t11-,14+/m0/s1. The number of sulfonamides is 1. The van der Waals surface area contributed by atoms with Gasteiger partial charge in [0.05, 0.1) is 16.8 Å². The zero-order chi connectivity index (χ0) is 21.5. The molecule has 4 heterocycles. The highest BCUT2D eigenvalue weighted by Gasteiger charge is 2.36. The molecular formula is C19H19ClFN5O3S. The first-order valence-electron chi connectivity index (χ1n) is 9.32. The minimum absolute atomic E-state index is 0.0266. The van der Waals surface area contributed by atoms with Crippen molar-refractivity contribution in [3.8, 4) is 11.5 Å². The number of nitrogens with zero attached hydrogens (tertiary/aromatic N) is 3. The van der Waals surface area contributed by atoms with Gasteiger partial charge in [0.2, 0.25) is 15.6 Å². The smallest absolute Gasteiger partial charge is 0.247 e. The molecule has 1 aliphatic rings. The fourth-order valence-corrected chi connectivity index (χ4v) is 5.50. The number of pyridine rings is 2. The van der Waals surface area contributed by atoms with Crippen LogP contribution in [0.5, 0.6) is 0 Å². The lowest BCUT2D eigenvalue weighted by molar-refractivity contribution is 0.246. The van der Waals surface area contributed by atoms with Crippen molar-refractivity contribution in [1.82, 2.24) is 24.2 Å². The lowest BCUT2D eigenvalue weighted by atomic mass is 9.86. The molecule has 1 saturated heterocycles. The Morgan fingerprint density at radius 1 is 1.27 bits per heavy atom. The molecule has 8 nitrogen and oxygen atoms in total. The summed E-state index contributed by atoms with van der Waals surface area (Å²) in [7, 11) is -3.71. The molecule has 0 bridgehead atoms. The maximum absolute atomic E-state index is 13.1. The molecular weight excluding hydrogens is 433 g/mol. The second-order valence-corrected chi connectivity index (χ2v) is 9.57. The fourth-order valence-electron chi connectivity index (χ4n) is 3.71. The monoisotopic (exact) mass is 451 g/mol. The van der Waals surface area contributed by atoms with E-state index in [1.54, 1.807) is 0 Å². The Balaban J connectivity index is 1.54. The van der Waals surface area contributed by atoms with Gasteiger partial charge in [-0.1, -0.05) is 18.5 Å². The molecule has 0 radical (unpaired) electrons. The number of rotatable bonds is 4. The Bertz CT molecular complexity index is 1210. The maximum atomic E-state index is 13.1. The Morgan fingerprint density at radius 3 is 2.70 bits per heavy atom. The molecule has 0 unspecified atom stereocenters. The average molecular weight is 452 g/mol. The quantitative estimate of drug-likeness (QED) is 0.633. The molecule has 0 amide bonds. The predicted molar refractivity (Wildman–Crippen MR) is 109 cm³/mol. The van der Waals surface area contributed by atoms with E-state index in [1.807, 2.05) is 6.92 Å². The van der Waals surface area contributed by atoms with Crippen LogP contribution in [0, 0.1) is 11.7 Å². The Morgan fingerprint density at radius 2 is 2.07 bits per heavy atom. The number of imidazole rings is 1. The minimum atomic E-state index is -3.71. The summed E-state index contributed by atoms with van der Waals surface area (Å²) in [5.74, 6) is -0.0729. The second-order valence-electron chi connectivity index (χ2n) is 7.28. The van der Waals surface area contributed by atoms with E-state index in [0.29, 0.717) is 41.9 Å². The summed E-state index contributed by atoms with van der Waals surface area (Å²) in [4.78, 5) is 25.2. The van der Waals surface area contributed by atoms with Gasteiger partial charge in [-0.15, -0.1) is 0 Å². The highest BCUT2D eigenvalue weighted by Crippen LogP contribution is 2.37. The second kappa shape index (κ2) is 7.93. The average Bonchev–Trinajstić information content (AvgIpc) is 3.10. The van der Waals surface area contributed by atoms with E-state index >= 15 is 0 Å². The van der Waals surface area contributed by atoms with Crippen molar-refractivity contribution in [2.45, 2.75) is 24.2 Å². The predicted octanol–water partition coefficient (Wildman–Crippen LogP) is 2.77. The lowest BCUT2D eigenvalue weighted by Crippen LogP contribution is -2.42. The van der Waals surface area contributed by atoms with Gasteiger partial charge in [-0.25, -0.2) is 22.8 Å². The van der Waals surface area contributed by atoms with Crippen molar-refractivity contribution < 1.29 is 12.8 Å². The SMILES string of the molecule is C[C@H]1CN(S(=O)(=O)c2ccc(=O)[nH]c2)CC[C@H]1c1[nH]c(-c2ccc(F)cn2)nc1Cl. The zero-order valence-electron chi connectivity index (χ0n) is 16.0. The molecule has 0 aromatic carbocycles. The third-order valence-corrected chi connectivity index (χ3v) is 7.44. The molecule has 1 fully saturated rings. The van der Waals surface area contributed by atoms with Gasteiger partial charge in [0.15, 0.2) is 11.0 Å². The largest absolute Gasteiger partial charge is 0.339 e. The third-order valence-electron chi connectivity index (χ3n) is 5.29. The molecule has 2 N–H and O–H groups in total. The molecule has 0 spiro atoms. The summed E-state index contributed by atoms with van der Waals surface area (Å²) < 4.78 is 40.3. The molecule has 3 aromatic heterocycles. The number of halogens is 2. The van der Waals surface area contributed by atoms with Crippen molar-refractivity contribution in [2.75, 3.05) is 13.1 Å². The summed E-state index contributed by atoms with van der Waals surface area (Å²) >= 11 is 6.35. The molecule has 30 heavy (non-hydrogen) atoms. The topological polar surface area (TPSA) is 112 Å². The number of aromatic nitrogens is 4. The van der Waals surface area contributed by atoms with Gasteiger partial charge in [0.1, 0.15) is 11.5 Å². The van der Waals surface area contributed by atoms with E-state index in [2.05, 4.69) is 19.9 Å². The number of H-pyrrole nitrogens is 2. The molecule has 2 atom stereocenters. The van der Waals surface area contributed by atoms with E-state index in [-0.39, 0.29) is 22.3 Å².